The van der Waals surface area contributed by atoms with Crippen molar-refractivity contribution in [3.05, 3.63) is 11.4 Å². The van der Waals surface area contributed by atoms with E-state index in [0.717, 1.165) is 18.5 Å². The summed E-state index contributed by atoms with van der Waals surface area (Å²) >= 11 is 0. The monoisotopic (exact) mass is 254 g/mol. The molecular formula is C12H22N4O2. The summed E-state index contributed by atoms with van der Waals surface area (Å²) in [5.74, 6) is 0.350. The van der Waals surface area contributed by atoms with Crippen molar-refractivity contribution in [2.75, 3.05) is 6.54 Å². The maximum atomic E-state index is 11.6. The van der Waals surface area contributed by atoms with Crippen LogP contribution < -0.4 is 5.32 Å². The number of rotatable bonds is 7. The van der Waals surface area contributed by atoms with Crippen molar-refractivity contribution in [3.8, 4) is 0 Å². The van der Waals surface area contributed by atoms with Crippen LogP contribution in [0.1, 0.15) is 38.6 Å². The SMILES string of the molecule is CCCNC(=O)Cn1nnc(CO)c1CC(C)C. The number of aromatic nitrogens is 3. The van der Waals surface area contributed by atoms with Crippen LogP contribution >= 0.6 is 0 Å². The first-order valence-electron chi connectivity index (χ1n) is 6.37. The number of hydrogen-bond acceptors (Lipinski definition) is 4. The number of nitrogens with one attached hydrogen (secondary N) is 1. The van der Waals surface area contributed by atoms with E-state index >= 15 is 0 Å². The highest BCUT2D eigenvalue weighted by atomic mass is 16.3. The average molecular weight is 254 g/mol. The fourth-order valence-corrected chi connectivity index (χ4v) is 1.68. The first kappa shape index (κ1) is 14.6. The summed E-state index contributed by atoms with van der Waals surface area (Å²) in [6.07, 6.45) is 1.66. The Morgan fingerprint density at radius 3 is 2.78 bits per heavy atom. The van der Waals surface area contributed by atoms with E-state index in [-0.39, 0.29) is 19.1 Å². The molecule has 2 N–H and O–H groups in total. The van der Waals surface area contributed by atoms with Crippen LogP contribution in [0.4, 0.5) is 0 Å². The minimum Gasteiger partial charge on any atom is -0.390 e. The van der Waals surface area contributed by atoms with E-state index in [2.05, 4.69) is 29.5 Å². The van der Waals surface area contributed by atoms with Crippen LogP contribution in [-0.4, -0.2) is 32.6 Å². The van der Waals surface area contributed by atoms with Crippen LogP contribution in [0.5, 0.6) is 0 Å². The number of nitrogens with zero attached hydrogens (tertiary/aromatic N) is 3. The molecule has 0 saturated carbocycles. The zero-order valence-electron chi connectivity index (χ0n) is 11.3. The van der Waals surface area contributed by atoms with Gasteiger partial charge in [-0.15, -0.1) is 5.10 Å². The van der Waals surface area contributed by atoms with Crippen LogP contribution in [0.15, 0.2) is 0 Å². The van der Waals surface area contributed by atoms with Gasteiger partial charge in [-0.05, 0) is 18.8 Å². The fourth-order valence-electron chi connectivity index (χ4n) is 1.68. The second kappa shape index (κ2) is 7.10. The number of hydrogen-bond donors (Lipinski definition) is 2. The van der Waals surface area contributed by atoms with Crippen molar-refractivity contribution < 1.29 is 9.90 Å². The van der Waals surface area contributed by atoms with E-state index in [9.17, 15) is 9.90 Å². The fraction of sp³-hybridized carbons (Fsp3) is 0.750. The van der Waals surface area contributed by atoms with Gasteiger partial charge in [0.15, 0.2) is 0 Å². The molecule has 0 aliphatic carbocycles. The van der Waals surface area contributed by atoms with E-state index in [1.807, 2.05) is 6.92 Å². The molecule has 6 heteroatoms. The molecule has 0 aliphatic heterocycles. The van der Waals surface area contributed by atoms with Gasteiger partial charge < -0.3 is 10.4 Å². The Morgan fingerprint density at radius 1 is 1.50 bits per heavy atom. The number of amides is 1. The molecule has 0 aliphatic rings. The predicted octanol–water partition coefficient (Wildman–Crippen LogP) is 0.495. The quantitative estimate of drug-likeness (QED) is 0.742. The van der Waals surface area contributed by atoms with Gasteiger partial charge in [0.25, 0.3) is 0 Å². The molecule has 0 bridgehead atoms. The molecule has 0 radical (unpaired) electrons. The molecule has 1 aromatic rings. The van der Waals surface area contributed by atoms with Gasteiger partial charge in [0.2, 0.25) is 5.91 Å². The maximum absolute atomic E-state index is 11.6. The number of aliphatic hydroxyl groups is 1. The van der Waals surface area contributed by atoms with Crippen molar-refractivity contribution in [2.45, 2.75) is 46.8 Å². The Kier molecular flexibility index (Phi) is 5.77. The molecule has 0 spiro atoms. The standard InChI is InChI=1S/C12H22N4O2/c1-4-5-13-12(18)7-16-11(6-9(2)3)10(8-17)14-15-16/h9,17H,4-8H2,1-3H3,(H,13,18). The second-order valence-electron chi connectivity index (χ2n) is 4.75. The summed E-state index contributed by atoms with van der Waals surface area (Å²) < 4.78 is 1.58. The van der Waals surface area contributed by atoms with Gasteiger partial charge in [0.05, 0.1) is 12.3 Å². The van der Waals surface area contributed by atoms with E-state index in [1.54, 1.807) is 4.68 Å². The Hall–Kier alpha value is -1.43. The summed E-state index contributed by atoms with van der Waals surface area (Å²) in [4.78, 5) is 11.6. The van der Waals surface area contributed by atoms with Crippen LogP contribution in [-0.2, 0) is 24.4 Å². The lowest BCUT2D eigenvalue weighted by molar-refractivity contribution is -0.121. The molecule has 0 saturated heterocycles. The second-order valence-corrected chi connectivity index (χ2v) is 4.75. The summed E-state index contributed by atoms with van der Waals surface area (Å²) in [6, 6.07) is 0. The molecule has 0 fully saturated rings. The number of aliphatic hydroxyl groups excluding tert-OH is 1. The molecule has 6 nitrogen and oxygen atoms in total. The molecule has 0 atom stereocenters. The summed E-state index contributed by atoms with van der Waals surface area (Å²) in [6.45, 7) is 6.85. The van der Waals surface area contributed by atoms with Gasteiger partial charge in [-0.1, -0.05) is 26.0 Å². The Bertz CT molecular complexity index is 387. The van der Waals surface area contributed by atoms with Gasteiger partial charge >= 0.3 is 0 Å². The Morgan fingerprint density at radius 2 is 2.22 bits per heavy atom. The topological polar surface area (TPSA) is 80.0 Å². The molecular weight excluding hydrogens is 232 g/mol. The largest absolute Gasteiger partial charge is 0.390 e. The first-order chi connectivity index (χ1) is 8.58. The lowest BCUT2D eigenvalue weighted by atomic mass is 10.1. The molecule has 1 aromatic heterocycles. The van der Waals surface area contributed by atoms with Gasteiger partial charge in [-0.2, -0.15) is 0 Å². The first-order valence-corrected chi connectivity index (χ1v) is 6.37. The van der Waals surface area contributed by atoms with Crippen molar-refractivity contribution in [1.82, 2.24) is 20.3 Å². The molecule has 1 amide bonds. The normalized spacial score (nSPS) is 10.9. The molecule has 0 unspecified atom stereocenters. The van der Waals surface area contributed by atoms with E-state index in [0.29, 0.717) is 18.2 Å². The summed E-state index contributed by atoms with van der Waals surface area (Å²) in [7, 11) is 0. The highest BCUT2D eigenvalue weighted by molar-refractivity contribution is 5.75. The van der Waals surface area contributed by atoms with Crippen molar-refractivity contribution in [3.63, 3.8) is 0 Å². The zero-order chi connectivity index (χ0) is 13.5. The third-order valence-corrected chi connectivity index (χ3v) is 2.53. The summed E-state index contributed by atoms with van der Waals surface area (Å²) in [5, 5.41) is 19.8. The van der Waals surface area contributed by atoms with Crippen LogP contribution in [0.25, 0.3) is 0 Å². The molecule has 1 heterocycles. The van der Waals surface area contributed by atoms with Crippen LogP contribution in [0.2, 0.25) is 0 Å². The van der Waals surface area contributed by atoms with Crippen LogP contribution in [0, 0.1) is 5.92 Å². The lowest BCUT2D eigenvalue weighted by Gasteiger charge is -2.09. The Labute approximate surface area is 107 Å². The molecule has 18 heavy (non-hydrogen) atoms. The highest BCUT2D eigenvalue weighted by Crippen LogP contribution is 2.11. The lowest BCUT2D eigenvalue weighted by Crippen LogP contribution is -2.29. The van der Waals surface area contributed by atoms with Crippen LogP contribution in [0.3, 0.4) is 0 Å². The third-order valence-electron chi connectivity index (χ3n) is 2.53. The smallest absolute Gasteiger partial charge is 0.241 e. The van der Waals surface area contributed by atoms with E-state index in [1.165, 1.54) is 0 Å². The molecule has 102 valence electrons. The summed E-state index contributed by atoms with van der Waals surface area (Å²) in [5.41, 5.74) is 1.41. The maximum Gasteiger partial charge on any atom is 0.241 e. The minimum atomic E-state index is -0.140. The van der Waals surface area contributed by atoms with Gasteiger partial charge in [0, 0.05) is 6.54 Å². The van der Waals surface area contributed by atoms with Crippen molar-refractivity contribution in [2.24, 2.45) is 5.92 Å². The van der Waals surface area contributed by atoms with E-state index in [4.69, 9.17) is 0 Å². The minimum absolute atomic E-state index is 0.0729. The molecule has 1 rings (SSSR count). The zero-order valence-corrected chi connectivity index (χ0v) is 11.3. The Balaban J connectivity index is 2.75. The van der Waals surface area contributed by atoms with Crippen molar-refractivity contribution >= 4 is 5.91 Å². The van der Waals surface area contributed by atoms with Gasteiger partial charge in [-0.25, -0.2) is 4.68 Å². The third kappa shape index (κ3) is 4.10. The predicted molar refractivity (Wildman–Crippen MR) is 67.8 cm³/mol. The molecule has 0 aromatic carbocycles. The highest BCUT2D eigenvalue weighted by Gasteiger charge is 2.15. The van der Waals surface area contributed by atoms with Gasteiger partial charge in [-0.3, -0.25) is 4.79 Å². The van der Waals surface area contributed by atoms with E-state index < -0.39 is 0 Å². The number of carbonyl (C=O) groups excluding carboxylic acids is 1. The van der Waals surface area contributed by atoms with Crippen molar-refractivity contribution in [1.29, 1.82) is 0 Å². The van der Waals surface area contributed by atoms with Gasteiger partial charge in [0.1, 0.15) is 12.2 Å². The average Bonchev–Trinajstić information content (AvgIpc) is 2.68. The number of carbonyl (C=O) groups is 1.